The fourth-order valence-corrected chi connectivity index (χ4v) is 14.3. The van der Waals surface area contributed by atoms with Gasteiger partial charge in [0.15, 0.2) is 40.3 Å². The highest BCUT2D eigenvalue weighted by molar-refractivity contribution is 6.74. The van der Waals surface area contributed by atoms with Crippen molar-refractivity contribution in [1.29, 1.82) is 0 Å². The zero-order valence-electron chi connectivity index (χ0n) is 35.2. The van der Waals surface area contributed by atoms with Crippen LogP contribution in [0.25, 0.3) is 0 Å². The number of benzene rings is 1. The molecule has 0 unspecified atom stereocenters. The summed E-state index contributed by atoms with van der Waals surface area (Å²) in [6.45, 7) is 23.8. The average molecular weight is 789 g/mol. The lowest BCUT2D eigenvalue weighted by atomic mass is 9.83. The molecule has 5 heterocycles. The minimum absolute atomic E-state index is 0.00882. The van der Waals surface area contributed by atoms with Gasteiger partial charge >= 0.3 is 0 Å². The highest BCUT2D eigenvalue weighted by atomic mass is 28.4. The molecule has 10 atom stereocenters. The molecule has 306 valence electrons. The smallest absolute Gasteiger partial charge is 0.199 e. The van der Waals surface area contributed by atoms with Gasteiger partial charge in [-0.3, -0.25) is 0 Å². The molecule has 0 aromatic heterocycles. The molecule has 9 nitrogen and oxygen atoms in total. The third-order valence-corrected chi connectivity index (χ3v) is 23.5. The van der Waals surface area contributed by atoms with Crippen molar-refractivity contribution >= 4 is 22.9 Å². The van der Waals surface area contributed by atoms with Gasteiger partial charge in [0, 0.05) is 38.7 Å². The summed E-state index contributed by atoms with van der Waals surface area (Å²) in [5, 5.41) is 0.0485. The van der Waals surface area contributed by atoms with Gasteiger partial charge in [-0.2, -0.15) is 0 Å². The Morgan fingerprint density at radius 2 is 1.63 bits per heavy atom. The van der Waals surface area contributed by atoms with E-state index in [0.717, 1.165) is 75.8 Å². The van der Waals surface area contributed by atoms with Crippen LogP contribution in [-0.2, 0) is 48.7 Å². The molecule has 2 bridgehead atoms. The molecule has 1 aromatic rings. The lowest BCUT2D eigenvalue weighted by Gasteiger charge is -2.55. The molecular weight excluding hydrogens is 717 g/mol. The number of ether oxygens (including phenoxy) is 6. The summed E-state index contributed by atoms with van der Waals surface area (Å²) in [6.07, 6.45) is 7.43. The molecule has 54 heavy (non-hydrogen) atoms. The van der Waals surface area contributed by atoms with Crippen LogP contribution in [0.15, 0.2) is 30.3 Å². The van der Waals surface area contributed by atoms with Crippen molar-refractivity contribution in [3.63, 3.8) is 0 Å². The Morgan fingerprint density at radius 1 is 0.907 bits per heavy atom. The molecular formula is C43H72O9Si2. The van der Waals surface area contributed by atoms with Gasteiger partial charge in [0.2, 0.25) is 0 Å². The molecule has 6 rings (SSSR count). The Bertz CT molecular complexity index is 1390. The van der Waals surface area contributed by atoms with Crippen LogP contribution in [0, 0.1) is 5.92 Å². The first-order valence-electron chi connectivity index (χ1n) is 21.3. The fourth-order valence-electron chi connectivity index (χ4n) is 9.74. The van der Waals surface area contributed by atoms with E-state index in [-0.39, 0.29) is 29.3 Å². The predicted molar refractivity (Wildman–Crippen MR) is 215 cm³/mol. The number of carbonyl (C=O) groups excluding carboxylic acids is 1. The minimum Gasteiger partial charge on any atom is -0.411 e. The molecule has 5 saturated heterocycles. The zero-order chi connectivity index (χ0) is 39.0. The van der Waals surface area contributed by atoms with Gasteiger partial charge in [0.05, 0.1) is 24.9 Å². The number of fused-ring (bicyclic) bond motifs is 2. The van der Waals surface area contributed by atoms with Gasteiger partial charge in [0.1, 0.15) is 17.8 Å². The highest BCUT2D eigenvalue weighted by Crippen LogP contribution is 2.57. The standard InChI is InChI=1S/C43H72O9Si2/c1-11-54(12-2,13-3)52-40(8)24-21-34(22-27-45-31-33-18-15-14-16-19-33)47-43(40)26-25-41(51-43)23-17-20-35(46-41)29-42-28-32(4)37(38(49-42)36(30-44)48-42)50-53(9,10)39(5,6)7/h14-16,18-19,30,32,34-38H,11-13,17,20-29,31H2,1-10H3/t32-,34+,35-,36+,37-,38+,40-,41-,42-,43-/m1/s1. The molecule has 0 amide bonds. The van der Waals surface area contributed by atoms with Crippen LogP contribution < -0.4 is 0 Å². The van der Waals surface area contributed by atoms with Gasteiger partial charge in [-0.05, 0) is 86.8 Å². The van der Waals surface area contributed by atoms with E-state index < -0.39 is 51.8 Å². The van der Waals surface area contributed by atoms with Gasteiger partial charge < -0.3 is 42.1 Å². The fraction of sp³-hybridized carbons (Fsp3) is 0.837. The van der Waals surface area contributed by atoms with Crippen molar-refractivity contribution in [2.24, 2.45) is 5.92 Å². The summed E-state index contributed by atoms with van der Waals surface area (Å²) >= 11 is 0. The molecule has 11 heteroatoms. The Hall–Kier alpha value is -0.996. The Kier molecular flexibility index (Phi) is 12.9. The van der Waals surface area contributed by atoms with Crippen molar-refractivity contribution in [1.82, 2.24) is 0 Å². The maximum absolute atomic E-state index is 12.4. The van der Waals surface area contributed by atoms with Crippen molar-refractivity contribution in [3.05, 3.63) is 35.9 Å². The number of carbonyl (C=O) groups is 1. The van der Waals surface area contributed by atoms with Crippen molar-refractivity contribution < 1.29 is 42.1 Å². The Labute approximate surface area is 328 Å². The Balaban J connectivity index is 1.17. The predicted octanol–water partition coefficient (Wildman–Crippen LogP) is 9.82. The van der Waals surface area contributed by atoms with Crippen LogP contribution in [-0.4, -0.2) is 83.0 Å². The summed E-state index contributed by atoms with van der Waals surface area (Å²) in [5.41, 5.74) is 0.595. The van der Waals surface area contributed by atoms with Crippen LogP contribution in [0.3, 0.4) is 0 Å². The molecule has 0 saturated carbocycles. The SMILES string of the molecule is CC[Si](CC)(CC)O[C@]1(C)CC[C@@H](CCOCc2ccccc2)O[C@@]12CC[C@@]1(CCC[C@H](C[C@@]34C[C@@H](C)[C@@H](O[Si](C)(C)C(C)(C)C)[C@@H](O3)[C@H](C=O)O4)O1)O2. The van der Waals surface area contributed by atoms with E-state index in [0.29, 0.717) is 26.1 Å². The summed E-state index contributed by atoms with van der Waals surface area (Å²) in [5.74, 6) is -2.40. The van der Waals surface area contributed by atoms with Gasteiger partial charge in [0.25, 0.3) is 0 Å². The van der Waals surface area contributed by atoms with Crippen LogP contribution in [0.4, 0.5) is 0 Å². The Morgan fingerprint density at radius 3 is 2.30 bits per heavy atom. The summed E-state index contributed by atoms with van der Waals surface area (Å²) in [7, 11) is -4.13. The first-order chi connectivity index (χ1) is 25.5. The molecule has 0 radical (unpaired) electrons. The van der Waals surface area contributed by atoms with E-state index in [4.69, 9.17) is 37.3 Å². The average Bonchev–Trinajstić information content (AvgIpc) is 3.64. The van der Waals surface area contributed by atoms with E-state index in [9.17, 15) is 4.79 Å². The van der Waals surface area contributed by atoms with E-state index in [1.54, 1.807) is 0 Å². The quantitative estimate of drug-likeness (QED) is 0.0979. The van der Waals surface area contributed by atoms with E-state index in [2.05, 4.69) is 80.6 Å². The van der Waals surface area contributed by atoms with Crippen LogP contribution in [0.5, 0.6) is 0 Å². The third-order valence-electron chi connectivity index (χ3n) is 14.3. The van der Waals surface area contributed by atoms with E-state index >= 15 is 0 Å². The maximum Gasteiger partial charge on any atom is 0.199 e. The van der Waals surface area contributed by atoms with Crippen molar-refractivity contribution in [2.75, 3.05) is 6.61 Å². The van der Waals surface area contributed by atoms with Crippen molar-refractivity contribution in [3.8, 4) is 0 Å². The summed E-state index contributed by atoms with van der Waals surface area (Å²) < 4.78 is 55.5. The molecule has 0 N–H and O–H groups in total. The maximum atomic E-state index is 12.4. The lowest BCUT2D eigenvalue weighted by Crippen LogP contribution is -2.65. The second kappa shape index (κ2) is 16.3. The van der Waals surface area contributed by atoms with Crippen molar-refractivity contribution in [2.45, 2.75) is 216 Å². The largest absolute Gasteiger partial charge is 0.411 e. The molecule has 0 aliphatic carbocycles. The second-order valence-corrected chi connectivity index (χ2v) is 28.5. The monoisotopic (exact) mass is 788 g/mol. The second-order valence-electron chi connectivity index (χ2n) is 19.0. The molecule has 2 spiro atoms. The van der Waals surface area contributed by atoms with Crippen LogP contribution in [0.2, 0.25) is 36.3 Å². The minimum atomic E-state index is -2.11. The molecule has 1 aromatic carbocycles. The third kappa shape index (κ3) is 8.57. The molecule has 5 aliphatic rings. The highest BCUT2D eigenvalue weighted by Gasteiger charge is 2.66. The molecule has 5 fully saturated rings. The number of rotatable bonds is 15. The number of aldehydes is 1. The molecule has 5 aliphatic heterocycles. The van der Waals surface area contributed by atoms with E-state index in [1.807, 2.05) is 18.2 Å². The summed E-state index contributed by atoms with van der Waals surface area (Å²) in [4.78, 5) is 12.4. The van der Waals surface area contributed by atoms with Crippen LogP contribution >= 0.6 is 0 Å². The number of hydrogen-bond acceptors (Lipinski definition) is 9. The normalized spacial score (nSPS) is 38.7. The first kappa shape index (κ1) is 42.6. The van der Waals surface area contributed by atoms with Crippen LogP contribution in [0.1, 0.15) is 125 Å². The lowest BCUT2D eigenvalue weighted by molar-refractivity contribution is -0.401. The van der Waals surface area contributed by atoms with E-state index in [1.165, 1.54) is 5.56 Å². The number of hydrogen-bond donors (Lipinski definition) is 0. The van der Waals surface area contributed by atoms with Gasteiger partial charge in [-0.25, -0.2) is 0 Å². The zero-order valence-corrected chi connectivity index (χ0v) is 37.2. The topological polar surface area (TPSA) is 90.9 Å². The summed E-state index contributed by atoms with van der Waals surface area (Å²) in [6, 6.07) is 13.5. The van der Waals surface area contributed by atoms with Gasteiger partial charge in [-0.15, -0.1) is 0 Å². The van der Waals surface area contributed by atoms with Gasteiger partial charge in [-0.1, -0.05) is 78.8 Å². The first-order valence-corrected chi connectivity index (χ1v) is 26.8.